The predicted octanol–water partition coefficient (Wildman–Crippen LogP) is 3.36. The summed E-state index contributed by atoms with van der Waals surface area (Å²) in [6, 6.07) is 12.0. The number of anilines is 1. The van der Waals surface area contributed by atoms with Gasteiger partial charge in [0.05, 0.1) is 30.3 Å². The van der Waals surface area contributed by atoms with E-state index in [2.05, 4.69) is 10.6 Å². The fourth-order valence-electron chi connectivity index (χ4n) is 3.99. The summed E-state index contributed by atoms with van der Waals surface area (Å²) < 4.78 is 39.4. The van der Waals surface area contributed by atoms with Crippen LogP contribution < -0.4 is 10.6 Å². The van der Waals surface area contributed by atoms with Gasteiger partial charge in [-0.25, -0.2) is 0 Å². The Hall–Kier alpha value is -3.40. The number of benzene rings is 2. The average molecular weight is 491 g/mol. The summed E-state index contributed by atoms with van der Waals surface area (Å²) in [6.07, 6.45) is -4.46. The molecule has 1 saturated heterocycles. The van der Waals surface area contributed by atoms with Crippen molar-refractivity contribution in [1.29, 1.82) is 0 Å². The number of nitrogens with one attached hydrogen (secondary N) is 2. The summed E-state index contributed by atoms with van der Waals surface area (Å²) >= 11 is 0. The zero-order chi connectivity index (χ0) is 25.6. The second-order valence-electron chi connectivity index (χ2n) is 8.62. The van der Waals surface area contributed by atoms with Crippen molar-refractivity contribution in [3.63, 3.8) is 0 Å². The molecule has 1 fully saturated rings. The predicted molar refractivity (Wildman–Crippen MR) is 125 cm³/mol. The number of hydrogen-bond donors (Lipinski definition) is 2. The molecule has 0 bridgehead atoms. The molecular weight excluding hydrogens is 461 g/mol. The van der Waals surface area contributed by atoms with Gasteiger partial charge in [0.1, 0.15) is 0 Å². The first-order chi connectivity index (χ1) is 16.5. The van der Waals surface area contributed by atoms with E-state index in [1.807, 2.05) is 31.2 Å². The Kier molecular flexibility index (Phi) is 8.50. The molecule has 0 unspecified atom stereocenters. The molecule has 7 nitrogen and oxygen atoms in total. The van der Waals surface area contributed by atoms with Gasteiger partial charge in [0.15, 0.2) is 0 Å². The van der Waals surface area contributed by atoms with E-state index in [0.29, 0.717) is 26.2 Å². The van der Waals surface area contributed by atoms with Crippen molar-refractivity contribution in [1.82, 2.24) is 15.1 Å². The van der Waals surface area contributed by atoms with Crippen molar-refractivity contribution in [3.05, 3.63) is 65.2 Å². The van der Waals surface area contributed by atoms with Crippen LogP contribution in [0.1, 0.15) is 36.1 Å². The van der Waals surface area contributed by atoms with E-state index in [1.54, 1.807) is 9.80 Å². The van der Waals surface area contributed by atoms with Gasteiger partial charge in [-0.15, -0.1) is 0 Å². The second-order valence-corrected chi connectivity index (χ2v) is 8.62. The van der Waals surface area contributed by atoms with Crippen LogP contribution in [0.15, 0.2) is 48.5 Å². The highest BCUT2D eigenvalue weighted by Gasteiger charge is 2.34. The Morgan fingerprint density at radius 1 is 0.971 bits per heavy atom. The van der Waals surface area contributed by atoms with Gasteiger partial charge in [0.2, 0.25) is 17.7 Å². The van der Waals surface area contributed by atoms with Crippen LogP contribution in [0.4, 0.5) is 18.9 Å². The van der Waals surface area contributed by atoms with Crippen molar-refractivity contribution >= 4 is 23.4 Å². The Balaban J connectivity index is 1.52. The van der Waals surface area contributed by atoms with Crippen molar-refractivity contribution in [2.24, 2.45) is 0 Å². The number of aryl methyl sites for hydroxylation is 1. The van der Waals surface area contributed by atoms with Crippen LogP contribution in [0, 0.1) is 6.92 Å². The minimum atomic E-state index is -4.57. The number of nitrogens with zero attached hydrogens (tertiary/aromatic N) is 2. The summed E-state index contributed by atoms with van der Waals surface area (Å²) in [5, 5.41) is 5.17. The lowest BCUT2D eigenvalue weighted by Crippen LogP contribution is -2.51. The number of hydrogen-bond acceptors (Lipinski definition) is 4. The standard InChI is InChI=1S/C25H29F3N4O3/c1-17-7-9-19(10-8-17)22(29-18(2)33)15-24(35)32-13-11-31(12-14-32)16-23(34)30-21-6-4-3-5-20(21)25(26,27)28/h3-10,22H,11-16H2,1-2H3,(H,29,33)(H,30,34)/t22-/m0/s1. The summed E-state index contributed by atoms with van der Waals surface area (Å²) in [5.74, 6) is -0.898. The van der Waals surface area contributed by atoms with Crippen LogP contribution in [-0.4, -0.2) is 60.2 Å². The molecule has 35 heavy (non-hydrogen) atoms. The molecule has 1 aliphatic rings. The number of carbonyl (C=O) groups excluding carboxylic acids is 3. The van der Waals surface area contributed by atoms with Gasteiger partial charge in [-0.1, -0.05) is 42.0 Å². The van der Waals surface area contributed by atoms with Crippen molar-refractivity contribution < 1.29 is 27.6 Å². The van der Waals surface area contributed by atoms with E-state index < -0.39 is 23.7 Å². The summed E-state index contributed by atoms with van der Waals surface area (Å²) in [7, 11) is 0. The molecule has 0 aliphatic carbocycles. The highest BCUT2D eigenvalue weighted by molar-refractivity contribution is 5.93. The van der Waals surface area contributed by atoms with Crippen LogP contribution in [0.25, 0.3) is 0 Å². The van der Waals surface area contributed by atoms with Crippen LogP contribution in [0.3, 0.4) is 0 Å². The third-order valence-corrected chi connectivity index (χ3v) is 5.83. The largest absolute Gasteiger partial charge is 0.418 e. The van der Waals surface area contributed by atoms with Crippen LogP contribution in [0.5, 0.6) is 0 Å². The summed E-state index contributed by atoms with van der Waals surface area (Å²) in [4.78, 5) is 40.4. The SMILES string of the molecule is CC(=O)N[C@@H](CC(=O)N1CCN(CC(=O)Nc2ccccc2C(F)(F)F)CC1)c1ccc(C)cc1. The summed E-state index contributed by atoms with van der Waals surface area (Å²) in [6.45, 7) is 4.87. The molecule has 0 radical (unpaired) electrons. The maximum absolute atomic E-state index is 13.1. The smallest absolute Gasteiger partial charge is 0.349 e. The van der Waals surface area contributed by atoms with Gasteiger partial charge in [0, 0.05) is 33.1 Å². The Labute approximate surface area is 202 Å². The molecule has 3 amide bonds. The Bertz CT molecular complexity index is 1050. The van der Waals surface area contributed by atoms with E-state index in [1.165, 1.54) is 25.1 Å². The fourth-order valence-corrected chi connectivity index (χ4v) is 3.99. The molecule has 2 aromatic carbocycles. The zero-order valence-electron chi connectivity index (χ0n) is 19.7. The summed E-state index contributed by atoms with van der Waals surface area (Å²) in [5.41, 5.74) is 0.738. The molecule has 0 saturated carbocycles. The second kappa shape index (κ2) is 11.4. The molecular formula is C25H29F3N4O3. The molecule has 1 heterocycles. The third kappa shape index (κ3) is 7.54. The van der Waals surface area contributed by atoms with Gasteiger partial charge in [-0.2, -0.15) is 13.2 Å². The van der Waals surface area contributed by atoms with Crippen LogP contribution >= 0.6 is 0 Å². The highest BCUT2D eigenvalue weighted by Crippen LogP contribution is 2.34. The third-order valence-electron chi connectivity index (χ3n) is 5.83. The first-order valence-corrected chi connectivity index (χ1v) is 11.3. The van der Waals surface area contributed by atoms with Gasteiger partial charge < -0.3 is 15.5 Å². The monoisotopic (exact) mass is 490 g/mol. The maximum Gasteiger partial charge on any atom is 0.418 e. The van der Waals surface area contributed by atoms with Gasteiger partial charge >= 0.3 is 6.18 Å². The number of halogens is 3. The first-order valence-electron chi connectivity index (χ1n) is 11.3. The van der Waals surface area contributed by atoms with Gasteiger partial charge in [-0.05, 0) is 24.6 Å². The number of piperazine rings is 1. The highest BCUT2D eigenvalue weighted by atomic mass is 19.4. The molecule has 188 valence electrons. The average Bonchev–Trinajstić information content (AvgIpc) is 2.79. The minimum absolute atomic E-state index is 0.0773. The van der Waals surface area contributed by atoms with E-state index >= 15 is 0 Å². The lowest BCUT2D eigenvalue weighted by molar-refractivity contribution is -0.137. The fraction of sp³-hybridized carbons (Fsp3) is 0.400. The number of rotatable bonds is 7. The number of amides is 3. The van der Waals surface area contributed by atoms with E-state index in [9.17, 15) is 27.6 Å². The van der Waals surface area contributed by atoms with Crippen molar-refractivity contribution in [2.75, 3.05) is 38.0 Å². The lowest BCUT2D eigenvalue weighted by Gasteiger charge is -2.35. The molecule has 0 spiro atoms. The van der Waals surface area contributed by atoms with Gasteiger partial charge in [-0.3, -0.25) is 19.3 Å². The number of para-hydroxylation sites is 1. The zero-order valence-corrected chi connectivity index (χ0v) is 19.7. The molecule has 0 aromatic heterocycles. The molecule has 1 atom stereocenters. The minimum Gasteiger partial charge on any atom is -0.349 e. The normalized spacial score (nSPS) is 15.4. The van der Waals surface area contributed by atoms with E-state index in [0.717, 1.165) is 17.2 Å². The van der Waals surface area contributed by atoms with Crippen LogP contribution in [-0.2, 0) is 20.6 Å². The lowest BCUT2D eigenvalue weighted by atomic mass is 10.0. The molecule has 10 heteroatoms. The van der Waals surface area contributed by atoms with Crippen molar-refractivity contribution in [3.8, 4) is 0 Å². The van der Waals surface area contributed by atoms with Gasteiger partial charge in [0.25, 0.3) is 0 Å². The Morgan fingerprint density at radius 3 is 2.20 bits per heavy atom. The topological polar surface area (TPSA) is 81.8 Å². The van der Waals surface area contributed by atoms with Crippen LogP contribution in [0.2, 0.25) is 0 Å². The maximum atomic E-state index is 13.1. The number of alkyl halides is 3. The molecule has 3 rings (SSSR count). The van der Waals surface area contributed by atoms with Crippen molar-refractivity contribution in [2.45, 2.75) is 32.5 Å². The molecule has 1 aliphatic heterocycles. The quantitative estimate of drug-likeness (QED) is 0.624. The number of carbonyl (C=O) groups is 3. The molecule has 2 N–H and O–H groups in total. The first kappa shape index (κ1) is 26.2. The Morgan fingerprint density at radius 2 is 1.60 bits per heavy atom. The van der Waals surface area contributed by atoms with E-state index in [4.69, 9.17) is 0 Å². The van der Waals surface area contributed by atoms with E-state index in [-0.39, 0.29) is 30.5 Å². The molecule has 2 aromatic rings.